The number of hydrogen-bond donors (Lipinski definition) is 1. The van der Waals surface area contributed by atoms with Gasteiger partial charge in [-0.05, 0) is 87.3 Å². The predicted molar refractivity (Wildman–Crippen MR) is 147 cm³/mol. The van der Waals surface area contributed by atoms with Gasteiger partial charge in [0.1, 0.15) is 12.2 Å². The Morgan fingerprint density at radius 2 is 1.97 bits per heavy atom. The van der Waals surface area contributed by atoms with E-state index in [2.05, 4.69) is 22.1 Å². The molecule has 1 aliphatic heterocycles. The number of ether oxygens (including phenoxy) is 1. The number of rotatable bonds is 8. The van der Waals surface area contributed by atoms with Crippen LogP contribution in [0.4, 0.5) is 18.9 Å². The number of amides is 1. The van der Waals surface area contributed by atoms with Gasteiger partial charge < -0.3 is 19.5 Å². The van der Waals surface area contributed by atoms with Crippen LogP contribution < -0.4 is 5.32 Å². The van der Waals surface area contributed by atoms with E-state index in [9.17, 15) is 18.0 Å². The number of anilines is 1. The molecule has 208 valence electrons. The molecule has 1 aromatic carbocycles. The van der Waals surface area contributed by atoms with E-state index in [-0.39, 0.29) is 18.5 Å². The van der Waals surface area contributed by atoms with Crippen LogP contribution in [0.2, 0.25) is 0 Å². The lowest BCUT2D eigenvalue weighted by molar-refractivity contribution is -0.140. The van der Waals surface area contributed by atoms with Crippen LogP contribution >= 0.6 is 0 Å². The molecule has 39 heavy (non-hydrogen) atoms. The smallest absolute Gasteiger partial charge is 0.381 e. The number of carbonyl (C=O) groups is 1. The molecule has 1 saturated heterocycles. The standard InChI is InChI=1S/C30H35F3N4O2/c1-21(2)36(3)29(38)27-10-9-25(19-35-27)34-14-4-5-26-18-24-17-23(7-6-22-12-15-39-16-13-22)8-11-28(24)37(26)20-30(31,32)33/h8-11,17-19,21-22,34H,6-7,12-16,20H2,1-3H3. The number of nitrogens with one attached hydrogen (secondary N) is 1. The maximum Gasteiger partial charge on any atom is 0.406 e. The molecule has 1 aliphatic rings. The average molecular weight is 541 g/mol. The van der Waals surface area contributed by atoms with E-state index in [0.29, 0.717) is 28.5 Å². The van der Waals surface area contributed by atoms with Gasteiger partial charge in [-0.15, -0.1) is 0 Å². The summed E-state index contributed by atoms with van der Waals surface area (Å²) in [6.45, 7) is 4.57. The molecule has 0 bridgehead atoms. The molecule has 6 nitrogen and oxygen atoms in total. The van der Waals surface area contributed by atoms with Gasteiger partial charge in [0.15, 0.2) is 0 Å². The zero-order valence-electron chi connectivity index (χ0n) is 22.6. The maximum atomic E-state index is 13.4. The number of aromatic nitrogens is 2. The Hall–Kier alpha value is -3.51. The quantitative estimate of drug-likeness (QED) is 0.362. The normalized spacial score (nSPS) is 14.3. The van der Waals surface area contributed by atoms with Crippen LogP contribution in [0.1, 0.15) is 54.9 Å². The fraction of sp³-hybridized carbons (Fsp3) is 0.467. The molecule has 3 aromatic rings. The molecular weight excluding hydrogens is 505 g/mol. The lowest BCUT2D eigenvalue weighted by Gasteiger charge is -2.21. The van der Waals surface area contributed by atoms with Crippen LogP contribution in [-0.4, -0.2) is 59.4 Å². The van der Waals surface area contributed by atoms with Crippen molar-refractivity contribution >= 4 is 22.5 Å². The summed E-state index contributed by atoms with van der Waals surface area (Å²) in [6.07, 6.45) is 1.25. The van der Waals surface area contributed by atoms with E-state index < -0.39 is 12.7 Å². The Bertz CT molecular complexity index is 1330. The lowest BCUT2D eigenvalue weighted by atomic mass is 9.92. The molecule has 0 spiro atoms. The Kier molecular flexibility index (Phi) is 9.18. The van der Waals surface area contributed by atoms with Crippen LogP contribution in [0.3, 0.4) is 0 Å². The van der Waals surface area contributed by atoms with Crippen LogP contribution in [0.5, 0.6) is 0 Å². The lowest BCUT2D eigenvalue weighted by Crippen LogP contribution is -2.33. The first kappa shape index (κ1) is 28.5. The van der Waals surface area contributed by atoms with Crippen molar-refractivity contribution in [3.63, 3.8) is 0 Å². The van der Waals surface area contributed by atoms with Crippen LogP contribution in [0.25, 0.3) is 10.9 Å². The largest absolute Gasteiger partial charge is 0.406 e. The second kappa shape index (κ2) is 12.6. The van der Waals surface area contributed by atoms with E-state index in [1.54, 1.807) is 42.4 Å². The van der Waals surface area contributed by atoms with Crippen molar-refractivity contribution < 1.29 is 22.7 Å². The van der Waals surface area contributed by atoms with Crippen molar-refractivity contribution in [3.8, 4) is 11.8 Å². The average Bonchev–Trinajstić information content (AvgIpc) is 3.24. The number of hydrogen-bond acceptors (Lipinski definition) is 4. The zero-order valence-corrected chi connectivity index (χ0v) is 22.6. The minimum Gasteiger partial charge on any atom is -0.381 e. The molecule has 0 saturated carbocycles. The van der Waals surface area contributed by atoms with E-state index in [4.69, 9.17) is 4.74 Å². The Labute approximate surface area is 227 Å². The number of fused-ring (bicyclic) bond motifs is 1. The Morgan fingerprint density at radius 1 is 1.21 bits per heavy atom. The van der Waals surface area contributed by atoms with Crippen molar-refractivity contribution in [2.45, 2.75) is 58.3 Å². The summed E-state index contributed by atoms with van der Waals surface area (Å²) >= 11 is 0. The molecule has 4 rings (SSSR count). The fourth-order valence-corrected chi connectivity index (χ4v) is 4.66. The summed E-state index contributed by atoms with van der Waals surface area (Å²) in [5.41, 5.74) is 2.97. The summed E-state index contributed by atoms with van der Waals surface area (Å²) in [6, 6.07) is 10.8. The van der Waals surface area contributed by atoms with Crippen molar-refractivity contribution in [2.24, 2.45) is 5.92 Å². The first-order valence-electron chi connectivity index (χ1n) is 13.3. The molecule has 1 N–H and O–H groups in total. The van der Waals surface area contributed by atoms with Gasteiger partial charge in [0.2, 0.25) is 0 Å². The van der Waals surface area contributed by atoms with Crippen LogP contribution in [0.15, 0.2) is 42.6 Å². The first-order valence-corrected chi connectivity index (χ1v) is 13.3. The van der Waals surface area contributed by atoms with E-state index in [1.165, 1.54) is 4.57 Å². The van der Waals surface area contributed by atoms with E-state index in [1.807, 2.05) is 26.0 Å². The van der Waals surface area contributed by atoms with E-state index >= 15 is 0 Å². The number of nitrogens with zero attached hydrogens (tertiary/aromatic N) is 3. The number of halogens is 3. The second-order valence-corrected chi connectivity index (χ2v) is 10.3. The number of carbonyl (C=O) groups excluding carboxylic acids is 1. The van der Waals surface area contributed by atoms with Crippen molar-refractivity contribution in [3.05, 3.63) is 59.5 Å². The van der Waals surface area contributed by atoms with Crippen LogP contribution in [-0.2, 0) is 17.7 Å². The summed E-state index contributed by atoms with van der Waals surface area (Å²) < 4.78 is 46.9. The summed E-state index contributed by atoms with van der Waals surface area (Å²) in [4.78, 5) is 18.2. The molecule has 1 fully saturated rings. The van der Waals surface area contributed by atoms with Crippen LogP contribution in [0, 0.1) is 17.8 Å². The van der Waals surface area contributed by atoms with Crippen molar-refractivity contribution in [2.75, 3.05) is 32.1 Å². The van der Waals surface area contributed by atoms with Gasteiger partial charge in [0.25, 0.3) is 5.91 Å². The van der Waals surface area contributed by atoms with Gasteiger partial charge in [0.05, 0.1) is 24.1 Å². The SMILES string of the molecule is CC(C)N(C)C(=O)c1ccc(NCC#Cc2cc3cc(CCC4CCOCC4)ccc3n2CC(F)(F)F)cn1. The third-order valence-corrected chi connectivity index (χ3v) is 7.16. The fourth-order valence-electron chi connectivity index (χ4n) is 4.66. The molecule has 2 aromatic heterocycles. The highest BCUT2D eigenvalue weighted by Gasteiger charge is 2.29. The van der Waals surface area contributed by atoms with Crippen molar-refractivity contribution in [1.29, 1.82) is 0 Å². The maximum absolute atomic E-state index is 13.4. The monoisotopic (exact) mass is 540 g/mol. The topological polar surface area (TPSA) is 59.4 Å². The third kappa shape index (κ3) is 7.76. The second-order valence-electron chi connectivity index (χ2n) is 10.3. The molecule has 1 amide bonds. The molecule has 0 aliphatic carbocycles. The number of pyridine rings is 1. The van der Waals surface area contributed by atoms with Gasteiger partial charge >= 0.3 is 6.18 Å². The summed E-state index contributed by atoms with van der Waals surface area (Å²) in [5, 5.41) is 3.85. The molecule has 9 heteroatoms. The van der Waals surface area contributed by atoms with Crippen molar-refractivity contribution in [1.82, 2.24) is 14.5 Å². The van der Waals surface area contributed by atoms with Gasteiger partial charge in [-0.3, -0.25) is 4.79 Å². The minimum atomic E-state index is -4.36. The summed E-state index contributed by atoms with van der Waals surface area (Å²) in [5.74, 6) is 6.30. The predicted octanol–water partition coefficient (Wildman–Crippen LogP) is 5.90. The number of alkyl halides is 3. The van der Waals surface area contributed by atoms with Gasteiger partial charge in [-0.2, -0.15) is 13.2 Å². The number of aryl methyl sites for hydroxylation is 1. The highest BCUT2D eigenvalue weighted by Crippen LogP contribution is 2.28. The summed E-state index contributed by atoms with van der Waals surface area (Å²) in [7, 11) is 1.72. The van der Waals surface area contributed by atoms with Gasteiger partial charge in [-0.25, -0.2) is 4.98 Å². The zero-order chi connectivity index (χ0) is 28.0. The third-order valence-electron chi connectivity index (χ3n) is 7.16. The molecular formula is C30H35F3N4O2. The Morgan fingerprint density at radius 3 is 2.64 bits per heavy atom. The van der Waals surface area contributed by atoms with E-state index in [0.717, 1.165) is 49.8 Å². The van der Waals surface area contributed by atoms with Gasteiger partial charge in [0, 0.05) is 37.2 Å². The highest BCUT2D eigenvalue weighted by molar-refractivity contribution is 5.92. The molecule has 0 atom stereocenters. The minimum absolute atomic E-state index is 0.0593. The Balaban J connectivity index is 1.45. The molecule has 0 radical (unpaired) electrons. The first-order chi connectivity index (χ1) is 18.6. The molecule has 0 unspecified atom stereocenters. The number of benzene rings is 1. The highest BCUT2D eigenvalue weighted by atomic mass is 19.4. The molecule has 3 heterocycles. The van der Waals surface area contributed by atoms with Gasteiger partial charge in [-0.1, -0.05) is 12.0 Å².